The van der Waals surface area contributed by atoms with Gasteiger partial charge in [-0.1, -0.05) is 35.5 Å². The van der Waals surface area contributed by atoms with Crippen molar-refractivity contribution >= 4 is 29.3 Å². The molecule has 1 aromatic rings. The fourth-order valence-electron chi connectivity index (χ4n) is 2.77. The van der Waals surface area contributed by atoms with Crippen molar-refractivity contribution in [3.05, 3.63) is 35.9 Å². The zero-order valence-electron chi connectivity index (χ0n) is 13.8. The van der Waals surface area contributed by atoms with E-state index in [9.17, 15) is 9.59 Å². The molecule has 0 aromatic heterocycles. The Kier molecular flexibility index (Phi) is 5.08. The van der Waals surface area contributed by atoms with Crippen LogP contribution in [0.5, 0.6) is 0 Å². The van der Waals surface area contributed by atoms with Crippen LogP contribution >= 0.6 is 11.8 Å². The maximum atomic E-state index is 12.8. The van der Waals surface area contributed by atoms with Gasteiger partial charge in [0.1, 0.15) is 11.8 Å². The summed E-state index contributed by atoms with van der Waals surface area (Å²) in [7, 11) is 1.76. The van der Waals surface area contributed by atoms with Crippen LogP contribution in [0.3, 0.4) is 0 Å². The van der Waals surface area contributed by atoms with Crippen LogP contribution in [0.15, 0.2) is 35.5 Å². The lowest BCUT2D eigenvalue weighted by Gasteiger charge is -2.26. The maximum absolute atomic E-state index is 12.8. The van der Waals surface area contributed by atoms with Gasteiger partial charge in [0.15, 0.2) is 6.10 Å². The molecular formula is C17H21N3O3S. The molecule has 0 N–H and O–H groups in total. The normalized spacial score (nSPS) is 22.9. The number of thioether (sulfide) groups is 1. The molecule has 2 heterocycles. The second-order valence-corrected chi connectivity index (χ2v) is 6.89. The van der Waals surface area contributed by atoms with Crippen LogP contribution in [0.1, 0.15) is 25.0 Å². The van der Waals surface area contributed by atoms with Gasteiger partial charge in [0.2, 0.25) is 5.91 Å². The van der Waals surface area contributed by atoms with E-state index >= 15 is 0 Å². The van der Waals surface area contributed by atoms with Crippen LogP contribution in [-0.4, -0.2) is 58.6 Å². The second kappa shape index (κ2) is 7.25. The van der Waals surface area contributed by atoms with Gasteiger partial charge in [-0.05, 0) is 12.5 Å². The molecule has 0 bridgehead atoms. The molecule has 2 amide bonds. The Morgan fingerprint density at radius 1 is 1.38 bits per heavy atom. The molecule has 6 nitrogen and oxygen atoms in total. The lowest BCUT2D eigenvalue weighted by atomic mass is 10.0. The van der Waals surface area contributed by atoms with Crippen molar-refractivity contribution in [1.82, 2.24) is 9.80 Å². The van der Waals surface area contributed by atoms with Gasteiger partial charge in [0.05, 0.1) is 5.88 Å². The van der Waals surface area contributed by atoms with Gasteiger partial charge in [0.25, 0.3) is 5.91 Å². The highest BCUT2D eigenvalue weighted by molar-refractivity contribution is 7.99. The number of likely N-dealkylation sites (N-methyl/N-ethyl adjacent to an activating group) is 1. The van der Waals surface area contributed by atoms with Crippen LogP contribution in [0.25, 0.3) is 0 Å². The Morgan fingerprint density at radius 2 is 2.12 bits per heavy atom. The van der Waals surface area contributed by atoms with Gasteiger partial charge in [-0.15, -0.1) is 11.8 Å². The standard InChI is InChI=1S/C17H21N3O3S/c1-3-19(2)17(22)14-10-24-11-20(14)16(21)13-9-15(23-18-13)12-7-5-4-6-8-12/h4-8,14-15H,3,9-11H2,1-2H3/t14-,15+/m0/s1. The fourth-order valence-corrected chi connectivity index (χ4v) is 3.92. The highest BCUT2D eigenvalue weighted by Gasteiger charge is 2.39. The summed E-state index contributed by atoms with van der Waals surface area (Å²) in [5, 5.41) is 3.99. The summed E-state index contributed by atoms with van der Waals surface area (Å²) < 4.78 is 0. The molecule has 128 valence electrons. The average Bonchev–Trinajstić information content (AvgIpc) is 3.30. The van der Waals surface area contributed by atoms with Crippen molar-refractivity contribution in [3.8, 4) is 0 Å². The SMILES string of the molecule is CCN(C)C(=O)[C@@H]1CSCN1C(=O)C1=NO[C@@H](c2ccccc2)C1. The van der Waals surface area contributed by atoms with E-state index in [1.807, 2.05) is 37.3 Å². The first kappa shape index (κ1) is 16.8. The van der Waals surface area contributed by atoms with Gasteiger partial charge in [-0.3, -0.25) is 9.59 Å². The van der Waals surface area contributed by atoms with Gasteiger partial charge in [0, 0.05) is 25.8 Å². The van der Waals surface area contributed by atoms with E-state index in [4.69, 9.17) is 4.84 Å². The molecule has 0 spiro atoms. The summed E-state index contributed by atoms with van der Waals surface area (Å²) in [4.78, 5) is 33.9. The molecular weight excluding hydrogens is 326 g/mol. The third-order valence-electron chi connectivity index (χ3n) is 4.37. The molecule has 0 radical (unpaired) electrons. The Hall–Kier alpha value is -2.02. The zero-order chi connectivity index (χ0) is 17.1. The molecule has 1 fully saturated rings. The number of hydrogen-bond donors (Lipinski definition) is 0. The monoisotopic (exact) mass is 347 g/mol. The molecule has 2 aliphatic heterocycles. The van der Waals surface area contributed by atoms with Crippen molar-refractivity contribution in [2.75, 3.05) is 25.2 Å². The Morgan fingerprint density at radius 3 is 2.83 bits per heavy atom. The van der Waals surface area contributed by atoms with E-state index < -0.39 is 6.04 Å². The number of carbonyl (C=O) groups is 2. The molecule has 2 atom stereocenters. The fraction of sp³-hybridized carbons (Fsp3) is 0.471. The number of benzene rings is 1. The van der Waals surface area contributed by atoms with E-state index in [0.717, 1.165) is 5.56 Å². The van der Waals surface area contributed by atoms with Crippen LogP contribution in [-0.2, 0) is 14.4 Å². The lowest BCUT2D eigenvalue weighted by molar-refractivity contribution is -0.139. The predicted molar refractivity (Wildman–Crippen MR) is 93.6 cm³/mol. The molecule has 7 heteroatoms. The highest BCUT2D eigenvalue weighted by Crippen LogP contribution is 2.29. The number of oxime groups is 1. The summed E-state index contributed by atoms with van der Waals surface area (Å²) in [6.07, 6.45) is 0.210. The topological polar surface area (TPSA) is 62.2 Å². The molecule has 2 aliphatic rings. The number of carbonyl (C=O) groups excluding carboxylic acids is 2. The molecule has 1 aromatic carbocycles. The maximum Gasteiger partial charge on any atom is 0.273 e. The van der Waals surface area contributed by atoms with Crippen LogP contribution in [0, 0.1) is 0 Å². The van der Waals surface area contributed by atoms with Gasteiger partial charge < -0.3 is 14.6 Å². The molecule has 0 saturated carbocycles. The highest BCUT2D eigenvalue weighted by atomic mass is 32.2. The van der Waals surface area contributed by atoms with Gasteiger partial charge in [-0.25, -0.2) is 0 Å². The van der Waals surface area contributed by atoms with Crippen molar-refractivity contribution in [2.24, 2.45) is 5.16 Å². The predicted octanol–water partition coefficient (Wildman–Crippen LogP) is 1.88. The average molecular weight is 347 g/mol. The molecule has 0 unspecified atom stereocenters. The smallest absolute Gasteiger partial charge is 0.273 e. The first-order chi connectivity index (χ1) is 11.6. The molecule has 3 rings (SSSR count). The second-order valence-electron chi connectivity index (χ2n) is 5.89. The van der Waals surface area contributed by atoms with Crippen molar-refractivity contribution in [2.45, 2.75) is 25.5 Å². The summed E-state index contributed by atoms with van der Waals surface area (Å²) >= 11 is 1.59. The minimum absolute atomic E-state index is 0.0185. The van der Waals surface area contributed by atoms with Crippen molar-refractivity contribution in [1.29, 1.82) is 0 Å². The third-order valence-corrected chi connectivity index (χ3v) is 5.38. The summed E-state index contributed by atoms with van der Waals surface area (Å²) in [6.45, 7) is 2.55. The first-order valence-electron chi connectivity index (χ1n) is 8.03. The van der Waals surface area contributed by atoms with Crippen LogP contribution in [0.2, 0.25) is 0 Å². The summed E-state index contributed by atoms with van der Waals surface area (Å²) in [5.41, 5.74) is 1.39. The molecule has 1 saturated heterocycles. The zero-order valence-corrected chi connectivity index (χ0v) is 14.7. The van der Waals surface area contributed by atoms with Gasteiger partial charge in [-0.2, -0.15) is 0 Å². The number of hydrogen-bond acceptors (Lipinski definition) is 5. The number of nitrogens with zero attached hydrogens (tertiary/aromatic N) is 3. The van der Waals surface area contributed by atoms with E-state index in [-0.39, 0.29) is 17.9 Å². The summed E-state index contributed by atoms with van der Waals surface area (Å²) in [5.74, 6) is 0.934. The number of rotatable bonds is 4. The van der Waals surface area contributed by atoms with Crippen molar-refractivity contribution in [3.63, 3.8) is 0 Å². The van der Waals surface area contributed by atoms with Crippen LogP contribution in [0.4, 0.5) is 0 Å². The number of amides is 2. The van der Waals surface area contributed by atoms with E-state index in [1.165, 1.54) is 0 Å². The Balaban J connectivity index is 1.67. The summed E-state index contributed by atoms with van der Waals surface area (Å²) in [6, 6.07) is 9.32. The molecule has 0 aliphatic carbocycles. The first-order valence-corrected chi connectivity index (χ1v) is 9.18. The Bertz CT molecular complexity index is 650. The van der Waals surface area contributed by atoms with E-state index in [2.05, 4.69) is 5.16 Å². The lowest BCUT2D eigenvalue weighted by Crippen LogP contribution is -2.49. The van der Waals surface area contributed by atoms with E-state index in [0.29, 0.717) is 30.3 Å². The minimum Gasteiger partial charge on any atom is -0.387 e. The minimum atomic E-state index is -0.411. The van der Waals surface area contributed by atoms with Gasteiger partial charge >= 0.3 is 0 Å². The largest absolute Gasteiger partial charge is 0.387 e. The Labute approximate surface area is 145 Å². The third kappa shape index (κ3) is 3.26. The quantitative estimate of drug-likeness (QED) is 0.834. The van der Waals surface area contributed by atoms with E-state index in [1.54, 1.807) is 28.6 Å². The van der Waals surface area contributed by atoms with Crippen LogP contribution < -0.4 is 0 Å². The van der Waals surface area contributed by atoms with Crippen molar-refractivity contribution < 1.29 is 14.4 Å². The molecule has 24 heavy (non-hydrogen) atoms.